The first-order chi connectivity index (χ1) is 9.00. The van der Waals surface area contributed by atoms with Crippen molar-refractivity contribution in [3.8, 4) is 0 Å². The molecule has 1 aliphatic rings. The third-order valence-electron chi connectivity index (χ3n) is 3.13. The Balaban J connectivity index is 3.31. The van der Waals surface area contributed by atoms with E-state index in [1.54, 1.807) is 32.1 Å². The van der Waals surface area contributed by atoms with Gasteiger partial charge >= 0.3 is 0 Å². The number of amides is 2. The van der Waals surface area contributed by atoms with E-state index in [0.717, 1.165) is 5.57 Å². The fourth-order valence-corrected chi connectivity index (χ4v) is 2.35. The van der Waals surface area contributed by atoms with Crippen LogP contribution < -0.4 is 0 Å². The second-order valence-electron chi connectivity index (χ2n) is 4.70. The number of alkyl halides is 3. The summed E-state index contributed by atoms with van der Waals surface area (Å²) < 4.78 is -2.07. The Morgan fingerprint density at radius 2 is 1.90 bits per heavy atom. The van der Waals surface area contributed by atoms with E-state index in [-0.39, 0.29) is 5.91 Å². The van der Waals surface area contributed by atoms with E-state index in [1.165, 1.54) is 18.9 Å². The van der Waals surface area contributed by atoms with Crippen LogP contribution in [0.5, 0.6) is 0 Å². The van der Waals surface area contributed by atoms with Crippen LogP contribution in [0, 0.1) is 0 Å². The molecule has 1 aliphatic carbocycles. The highest BCUT2D eigenvalue weighted by Crippen LogP contribution is 2.33. The van der Waals surface area contributed by atoms with Crippen molar-refractivity contribution < 1.29 is 9.59 Å². The van der Waals surface area contributed by atoms with Crippen molar-refractivity contribution in [3.63, 3.8) is 0 Å². The highest BCUT2D eigenvalue weighted by Gasteiger charge is 2.44. The van der Waals surface area contributed by atoms with Gasteiger partial charge in [0, 0.05) is 14.0 Å². The van der Waals surface area contributed by atoms with Crippen LogP contribution in [0.4, 0.5) is 0 Å². The molecule has 20 heavy (non-hydrogen) atoms. The van der Waals surface area contributed by atoms with Gasteiger partial charge in [-0.1, -0.05) is 53.0 Å². The monoisotopic (exact) mass is 336 g/mol. The first-order valence-electron chi connectivity index (χ1n) is 5.81. The third-order valence-corrected chi connectivity index (χ3v) is 3.62. The smallest absolute Gasteiger partial charge is 0.275 e. The van der Waals surface area contributed by atoms with Gasteiger partial charge in [0.2, 0.25) is 5.91 Å². The Kier molecular flexibility index (Phi) is 5.06. The number of halogens is 3. The van der Waals surface area contributed by atoms with Crippen molar-refractivity contribution in [3.05, 3.63) is 23.8 Å². The third kappa shape index (κ3) is 3.43. The minimum atomic E-state index is -2.07. The van der Waals surface area contributed by atoms with Gasteiger partial charge in [-0.2, -0.15) is 0 Å². The Morgan fingerprint density at radius 1 is 1.35 bits per heavy atom. The number of allylic oxidation sites excluding steroid dienone is 2. The quantitative estimate of drug-likeness (QED) is 0.690. The first-order valence-corrected chi connectivity index (χ1v) is 6.94. The van der Waals surface area contributed by atoms with Crippen LogP contribution in [-0.4, -0.2) is 38.8 Å². The molecule has 0 N–H and O–H groups in total. The van der Waals surface area contributed by atoms with E-state index in [1.807, 2.05) is 0 Å². The highest BCUT2D eigenvalue weighted by molar-refractivity contribution is 6.76. The van der Waals surface area contributed by atoms with E-state index >= 15 is 0 Å². The van der Waals surface area contributed by atoms with Crippen LogP contribution in [-0.2, 0) is 9.59 Å². The first kappa shape index (κ1) is 17.2. The van der Waals surface area contributed by atoms with Crippen molar-refractivity contribution in [2.75, 3.05) is 7.05 Å². The van der Waals surface area contributed by atoms with Crippen LogP contribution in [0.2, 0.25) is 0 Å². The molecule has 0 saturated heterocycles. The second-order valence-corrected chi connectivity index (χ2v) is 6.98. The van der Waals surface area contributed by atoms with Gasteiger partial charge in [-0.25, -0.2) is 4.99 Å². The number of hydrogen-bond acceptors (Lipinski definition) is 2. The summed E-state index contributed by atoms with van der Waals surface area (Å²) in [5.41, 5.74) is 0.276. The zero-order valence-electron chi connectivity index (χ0n) is 11.6. The lowest BCUT2D eigenvalue weighted by Crippen LogP contribution is -2.55. The van der Waals surface area contributed by atoms with E-state index in [0.29, 0.717) is 5.71 Å². The fourth-order valence-electron chi connectivity index (χ4n) is 1.97. The summed E-state index contributed by atoms with van der Waals surface area (Å²) in [5.74, 6) is -1.05. The lowest BCUT2D eigenvalue weighted by Gasteiger charge is -2.40. The van der Waals surface area contributed by atoms with Gasteiger partial charge in [-0.15, -0.1) is 0 Å². The molecule has 0 fully saturated rings. The number of carbonyl (C=O) groups excluding carboxylic acids is 2. The van der Waals surface area contributed by atoms with Gasteiger partial charge in [-0.3, -0.25) is 9.59 Å². The normalized spacial score (nSPS) is 24.6. The number of likely N-dealkylation sites (N-methyl/N-ethyl adjacent to an activating group) is 1. The Bertz CT molecular complexity index is 532. The number of rotatable bonds is 1. The molecule has 0 spiro atoms. The molecule has 0 aromatic heterocycles. The molecule has 0 heterocycles. The molecule has 0 bridgehead atoms. The largest absolute Gasteiger partial charge is 0.327 e. The molecule has 4 nitrogen and oxygen atoms in total. The molecule has 1 atom stereocenters. The standard InChI is InChI=1S/C13H15Cl3N2O2/c1-8-6-5-7-12(3,10(8)17-9(2)19)18(4)11(20)13(14,15)16/h5-7H,1-4H3. The van der Waals surface area contributed by atoms with Gasteiger partial charge in [0.25, 0.3) is 9.70 Å². The zero-order chi connectivity index (χ0) is 15.7. The second kappa shape index (κ2) is 5.88. The Morgan fingerprint density at radius 3 is 2.35 bits per heavy atom. The molecule has 1 unspecified atom stereocenters. The topological polar surface area (TPSA) is 49.7 Å². The van der Waals surface area contributed by atoms with Crippen molar-refractivity contribution >= 4 is 52.3 Å². The molecule has 110 valence electrons. The summed E-state index contributed by atoms with van der Waals surface area (Å²) in [6, 6.07) is 0. The molecular formula is C13H15Cl3N2O2. The SMILES string of the molecule is CC(=O)N=C1C(C)=CC=CC1(C)N(C)C(=O)C(Cl)(Cl)Cl. The van der Waals surface area contributed by atoms with Crippen molar-refractivity contribution in [2.45, 2.75) is 30.1 Å². The molecule has 0 radical (unpaired) electrons. The van der Waals surface area contributed by atoms with Gasteiger partial charge < -0.3 is 4.90 Å². The maximum absolute atomic E-state index is 12.1. The average Bonchev–Trinajstić information content (AvgIpc) is 2.30. The van der Waals surface area contributed by atoms with Crippen LogP contribution in [0.1, 0.15) is 20.8 Å². The summed E-state index contributed by atoms with van der Waals surface area (Å²) >= 11 is 16.9. The molecule has 0 saturated carbocycles. The Labute approximate surface area is 133 Å². The molecule has 0 aromatic rings. The number of aliphatic imine (C=N–C) groups is 1. The number of hydrogen-bond donors (Lipinski definition) is 0. The molecule has 0 aromatic carbocycles. The van der Waals surface area contributed by atoms with Crippen molar-refractivity contribution in [2.24, 2.45) is 4.99 Å². The van der Waals surface area contributed by atoms with E-state index in [9.17, 15) is 9.59 Å². The van der Waals surface area contributed by atoms with Crippen LogP contribution in [0.3, 0.4) is 0 Å². The maximum atomic E-state index is 12.1. The fraction of sp³-hybridized carbons (Fsp3) is 0.462. The van der Waals surface area contributed by atoms with Gasteiger partial charge in [0.05, 0.1) is 5.71 Å². The number of carbonyl (C=O) groups is 2. The predicted octanol–water partition coefficient (Wildman–Crippen LogP) is 3.08. The zero-order valence-corrected chi connectivity index (χ0v) is 13.8. The lowest BCUT2D eigenvalue weighted by atomic mass is 9.85. The van der Waals surface area contributed by atoms with E-state index < -0.39 is 15.2 Å². The number of nitrogens with zero attached hydrogens (tertiary/aromatic N) is 2. The minimum absolute atomic E-state index is 0.357. The van der Waals surface area contributed by atoms with E-state index in [2.05, 4.69) is 4.99 Å². The summed E-state index contributed by atoms with van der Waals surface area (Å²) in [6.07, 6.45) is 5.31. The van der Waals surface area contributed by atoms with Gasteiger partial charge in [0.15, 0.2) is 0 Å². The van der Waals surface area contributed by atoms with Crippen molar-refractivity contribution in [1.82, 2.24) is 4.90 Å². The van der Waals surface area contributed by atoms with E-state index in [4.69, 9.17) is 34.8 Å². The van der Waals surface area contributed by atoms with Gasteiger partial charge in [0.1, 0.15) is 5.54 Å². The molecule has 1 rings (SSSR count). The summed E-state index contributed by atoms with van der Waals surface area (Å²) in [7, 11) is 1.50. The maximum Gasteiger partial charge on any atom is 0.275 e. The Hall–Kier alpha value is -0.840. The minimum Gasteiger partial charge on any atom is -0.327 e. The summed E-state index contributed by atoms with van der Waals surface area (Å²) in [4.78, 5) is 28.7. The predicted molar refractivity (Wildman–Crippen MR) is 82.5 cm³/mol. The average molecular weight is 338 g/mol. The summed E-state index contributed by atoms with van der Waals surface area (Å²) in [5, 5.41) is 0. The van der Waals surface area contributed by atoms with Crippen LogP contribution in [0.25, 0.3) is 0 Å². The molecule has 7 heteroatoms. The summed E-state index contributed by atoms with van der Waals surface area (Å²) in [6.45, 7) is 4.88. The lowest BCUT2D eigenvalue weighted by molar-refractivity contribution is -0.131. The van der Waals surface area contributed by atoms with Gasteiger partial charge in [-0.05, 0) is 19.4 Å². The van der Waals surface area contributed by atoms with Crippen LogP contribution in [0.15, 0.2) is 28.8 Å². The highest BCUT2D eigenvalue weighted by atomic mass is 35.6. The van der Waals surface area contributed by atoms with Crippen molar-refractivity contribution in [1.29, 1.82) is 0 Å². The molecule has 2 amide bonds. The van der Waals surface area contributed by atoms with Crippen LogP contribution >= 0.6 is 34.8 Å². The molecular weight excluding hydrogens is 323 g/mol. The molecule has 0 aliphatic heterocycles.